The summed E-state index contributed by atoms with van der Waals surface area (Å²) in [5.41, 5.74) is 3.36. The number of aryl methyl sites for hydroxylation is 1. The van der Waals surface area contributed by atoms with Gasteiger partial charge in [-0.3, -0.25) is 0 Å². The maximum atomic E-state index is 4.63. The van der Waals surface area contributed by atoms with Gasteiger partial charge in [-0.15, -0.1) is 0 Å². The third-order valence-electron chi connectivity index (χ3n) is 3.74. The van der Waals surface area contributed by atoms with E-state index in [1.807, 2.05) is 13.0 Å². The van der Waals surface area contributed by atoms with Crippen molar-refractivity contribution < 1.29 is 0 Å². The molecule has 2 aromatic rings. The van der Waals surface area contributed by atoms with Crippen molar-refractivity contribution in [2.45, 2.75) is 40.5 Å². The van der Waals surface area contributed by atoms with Crippen LogP contribution in [0.1, 0.15) is 44.9 Å². The zero-order valence-corrected chi connectivity index (χ0v) is 14.2. The standard InChI is InChI=1S/C18H26N4/c1-6-22(7-2)18-19-14(5)12-17(21-18)20-16-10-8-15(9-11-16)13(3)4/h8-13H,6-7H2,1-5H3,(H,19,20,21). The van der Waals surface area contributed by atoms with Crippen molar-refractivity contribution in [3.63, 3.8) is 0 Å². The van der Waals surface area contributed by atoms with E-state index < -0.39 is 0 Å². The molecular weight excluding hydrogens is 272 g/mol. The van der Waals surface area contributed by atoms with E-state index >= 15 is 0 Å². The SMILES string of the molecule is CCN(CC)c1nc(C)cc(Nc2ccc(C(C)C)cc2)n1. The fourth-order valence-corrected chi connectivity index (χ4v) is 2.36. The summed E-state index contributed by atoms with van der Waals surface area (Å²) in [5, 5.41) is 3.38. The van der Waals surface area contributed by atoms with Crippen molar-refractivity contribution in [2.24, 2.45) is 0 Å². The minimum atomic E-state index is 0.546. The highest BCUT2D eigenvalue weighted by Gasteiger charge is 2.08. The maximum Gasteiger partial charge on any atom is 0.227 e. The van der Waals surface area contributed by atoms with Gasteiger partial charge < -0.3 is 10.2 Å². The molecule has 0 unspecified atom stereocenters. The molecule has 0 saturated carbocycles. The Morgan fingerprint density at radius 2 is 1.68 bits per heavy atom. The average molecular weight is 298 g/mol. The molecule has 118 valence electrons. The second kappa shape index (κ2) is 7.25. The molecule has 1 N–H and O–H groups in total. The quantitative estimate of drug-likeness (QED) is 0.852. The van der Waals surface area contributed by atoms with Gasteiger partial charge in [0.2, 0.25) is 5.95 Å². The van der Waals surface area contributed by atoms with Gasteiger partial charge in [0.25, 0.3) is 0 Å². The van der Waals surface area contributed by atoms with Crippen molar-refractivity contribution >= 4 is 17.5 Å². The Hall–Kier alpha value is -2.10. The van der Waals surface area contributed by atoms with E-state index in [-0.39, 0.29) is 0 Å². The van der Waals surface area contributed by atoms with Crippen LogP contribution < -0.4 is 10.2 Å². The number of benzene rings is 1. The summed E-state index contributed by atoms with van der Waals surface area (Å²) in [6.07, 6.45) is 0. The van der Waals surface area contributed by atoms with Crippen molar-refractivity contribution in [1.29, 1.82) is 0 Å². The monoisotopic (exact) mass is 298 g/mol. The highest BCUT2D eigenvalue weighted by Crippen LogP contribution is 2.21. The second-order valence-electron chi connectivity index (χ2n) is 5.77. The fourth-order valence-electron chi connectivity index (χ4n) is 2.36. The molecular formula is C18H26N4. The highest BCUT2D eigenvalue weighted by atomic mass is 15.3. The highest BCUT2D eigenvalue weighted by molar-refractivity contribution is 5.58. The van der Waals surface area contributed by atoms with Gasteiger partial charge in [-0.1, -0.05) is 26.0 Å². The Morgan fingerprint density at radius 1 is 1.05 bits per heavy atom. The molecule has 0 bridgehead atoms. The number of rotatable bonds is 6. The number of nitrogens with zero attached hydrogens (tertiary/aromatic N) is 3. The second-order valence-corrected chi connectivity index (χ2v) is 5.77. The first kappa shape index (κ1) is 16.3. The fraction of sp³-hybridized carbons (Fsp3) is 0.444. The van der Waals surface area contributed by atoms with E-state index in [4.69, 9.17) is 0 Å². The largest absolute Gasteiger partial charge is 0.341 e. The van der Waals surface area contributed by atoms with Gasteiger partial charge in [0.05, 0.1) is 0 Å². The van der Waals surface area contributed by atoms with Gasteiger partial charge in [-0.25, -0.2) is 4.98 Å². The van der Waals surface area contributed by atoms with Gasteiger partial charge in [-0.05, 0) is 44.4 Å². The minimum Gasteiger partial charge on any atom is -0.341 e. The summed E-state index contributed by atoms with van der Waals surface area (Å²) in [6, 6.07) is 10.5. The summed E-state index contributed by atoms with van der Waals surface area (Å²) in [6.45, 7) is 12.5. The van der Waals surface area contributed by atoms with Crippen LogP contribution in [-0.4, -0.2) is 23.1 Å². The molecule has 0 saturated heterocycles. The lowest BCUT2D eigenvalue weighted by molar-refractivity contribution is 0.817. The first-order valence-corrected chi connectivity index (χ1v) is 8.01. The van der Waals surface area contributed by atoms with Crippen molar-refractivity contribution in [3.05, 3.63) is 41.6 Å². The molecule has 0 atom stereocenters. The predicted molar refractivity (Wildman–Crippen MR) is 94.1 cm³/mol. The van der Waals surface area contributed by atoms with Crippen molar-refractivity contribution in [2.75, 3.05) is 23.3 Å². The first-order valence-electron chi connectivity index (χ1n) is 8.01. The zero-order valence-electron chi connectivity index (χ0n) is 14.2. The molecule has 1 aromatic carbocycles. The van der Waals surface area contributed by atoms with Crippen LogP contribution in [0, 0.1) is 6.92 Å². The van der Waals surface area contributed by atoms with E-state index in [0.717, 1.165) is 36.2 Å². The van der Waals surface area contributed by atoms with Crippen LogP contribution >= 0.6 is 0 Å². The smallest absolute Gasteiger partial charge is 0.227 e. The van der Waals surface area contributed by atoms with Gasteiger partial charge >= 0.3 is 0 Å². The summed E-state index contributed by atoms with van der Waals surface area (Å²) in [5.74, 6) is 2.17. The first-order chi connectivity index (χ1) is 10.5. The lowest BCUT2D eigenvalue weighted by atomic mass is 10.0. The van der Waals surface area contributed by atoms with Crippen molar-refractivity contribution in [1.82, 2.24) is 9.97 Å². The Labute approximate surface area is 133 Å². The van der Waals surface area contributed by atoms with E-state index in [0.29, 0.717) is 5.92 Å². The number of anilines is 3. The number of nitrogens with one attached hydrogen (secondary N) is 1. The lowest BCUT2D eigenvalue weighted by Gasteiger charge is -2.19. The molecule has 0 fully saturated rings. The van der Waals surface area contributed by atoms with Crippen LogP contribution in [0.5, 0.6) is 0 Å². The maximum absolute atomic E-state index is 4.63. The third kappa shape index (κ3) is 3.97. The molecule has 0 aliphatic heterocycles. The third-order valence-corrected chi connectivity index (χ3v) is 3.74. The Balaban J connectivity index is 2.22. The molecule has 2 rings (SSSR count). The summed E-state index contributed by atoms with van der Waals surface area (Å²) >= 11 is 0. The van der Waals surface area contributed by atoms with Crippen LogP contribution in [0.4, 0.5) is 17.5 Å². The van der Waals surface area contributed by atoms with Gasteiger partial charge in [0.1, 0.15) is 5.82 Å². The molecule has 1 heterocycles. The molecule has 0 radical (unpaired) electrons. The topological polar surface area (TPSA) is 41.1 Å². The molecule has 4 nitrogen and oxygen atoms in total. The molecule has 4 heteroatoms. The summed E-state index contributed by atoms with van der Waals surface area (Å²) < 4.78 is 0. The van der Waals surface area contributed by atoms with Crippen LogP contribution in [0.25, 0.3) is 0 Å². The Bertz CT molecular complexity index is 601. The molecule has 0 aliphatic rings. The van der Waals surface area contributed by atoms with E-state index in [9.17, 15) is 0 Å². The van der Waals surface area contributed by atoms with Crippen LogP contribution in [0.15, 0.2) is 30.3 Å². The van der Waals surface area contributed by atoms with E-state index in [1.165, 1.54) is 5.56 Å². The number of hydrogen-bond acceptors (Lipinski definition) is 4. The van der Waals surface area contributed by atoms with Gasteiger partial charge in [0.15, 0.2) is 0 Å². The molecule has 0 spiro atoms. The van der Waals surface area contributed by atoms with E-state index in [1.54, 1.807) is 0 Å². The molecule has 22 heavy (non-hydrogen) atoms. The minimum absolute atomic E-state index is 0.546. The number of aromatic nitrogens is 2. The predicted octanol–water partition coefficient (Wildman–Crippen LogP) is 4.50. The van der Waals surface area contributed by atoms with E-state index in [2.05, 4.69) is 72.1 Å². The van der Waals surface area contributed by atoms with Gasteiger partial charge in [0, 0.05) is 30.5 Å². The summed E-state index contributed by atoms with van der Waals surface area (Å²) in [4.78, 5) is 11.3. The lowest BCUT2D eigenvalue weighted by Crippen LogP contribution is -2.24. The van der Waals surface area contributed by atoms with Crippen LogP contribution in [0.2, 0.25) is 0 Å². The number of hydrogen-bond donors (Lipinski definition) is 1. The molecule has 0 amide bonds. The molecule has 1 aromatic heterocycles. The normalized spacial score (nSPS) is 10.8. The van der Waals surface area contributed by atoms with Gasteiger partial charge in [-0.2, -0.15) is 4.98 Å². The average Bonchev–Trinajstić information content (AvgIpc) is 2.48. The zero-order chi connectivity index (χ0) is 16.1. The molecule has 0 aliphatic carbocycles. The van der Waals surface area contributed by atoms with Crippen molar-refractivity contribution in [3.8, 4) is 0 Å². The van der Waals surface area contributed by atoms with Crippen LogP contribution in [0.3, 0.4) is 0 Å². The van der Waals surface area contributed by atoms with Crippen LogP contribution in [-0.2, 0) is 0 Å². The Morgan fingerprint density at radius 3 is 2.23 bits per heavy atom. The Kier molecular flexibility index (Phi) is 5.36. The summed E-state index contributed by atoms with van der Waals surface area (Å²) in [7, 11) is 0.